The average molecular weight is 607 g/mol. The number of carbonyl (C=O) groups is 2. The van der Waals surface area contributed by atoms with E-state index in [1.165, 1.54) is 34.9 Å². The molecule has 2 aromatic heterocycles. The van der Waals surface area contributed by atoms with Crippen molar-refractivity contribution in [2.24, 2.45) is 0 Å². The Morgan fingerprint density at radius 2 is 1.97 bits per heavy atom. The van der Waals surface area contributed by atoms with Crippen molar-refractivity contribution in [2.45, 2.75) is 49.1 Å². The summed E-state index contributed by atoms with van der Waals surface area (Å²) in [5.74, 6) is 0.240. The highest BCUT2D eigenvalue weighted by molar-refractivity contribution is 9.10. The van der Waals surface area contributed by atoms with Crippen molar-refractivity contribution >= 4 is 67.7 Å². The number of aryl methyl sites for hydroxylation is 2. The van der Waals surface area contributed by atoms with Crippen LogP contribution in [0.3, 0.4) is 0 Å². The average Bonchev–Trinajstić information content (AvgIpc) is 3.48. The normalized spacial score (nSPS) is 14.3. The van der Waals surface area contributed by atoms with E-state index in [0.717, 1.165) is 58.5 Å². The summed E-state index contributed by atoms with van der Waals surface area (Å²) in [5, 5.41) is 3.98. The van der Waals surface area contributed by atoms with Crippen molar-refractivity contribution < 1.29 is 14.3 Å². The first kappa shape index (κ1) is 25.6. The van der Waals surface area contributed by atoms with E-state index in [0.29, 0.717) is 26.3 Å². The van der Waals surface area contributed by atoms with Crippen LogP contribution in [0.15, 0.2) is 43.6 Å². The molecular weight excluding hydrogens is 582 g/mol. The molecule has 1 aliphatic heterocycles. The first-order chi connectivity index (χ1) is 17.5. The Labute approximate surface area is 229 Å². The number of nitrogens with zero attached hydrogens (tertiary/aromatic N) is 2. The lowest BCUT2D eigenvalue weighted by molar-refractivity contribution is -0.113. The van der Waals surface area contributed by atoms with Crippen LogP contribution >= 0.6 is 50.8 Å². The number of halogens is 1. The van der Waals surface area contributed by atoms with E-state index in [1.807, 2.05) is 24.3 Å². The van der Waals surface area contributed by atoms with E-state index in [4.69, 9.17) is 9.72 Å². The third-order valence-corrected chi connectivity index (χ3v) is 9.77. The van der Waals surface area contributed by atoms with Gasteiger partial charge in [0.1, 0.15) is 5.00 Å². The Hall–Kier alpha value is -2.08. The Kier molecular flexibility index (Phi) is 7.90. The molecule has 0 saturated carbocycles. The first-order valence-electron chi connectivity index (χ1n) is 11.7. The van der Waals surface area contributed by atoms with E-state index in [-0.39, 0.29) is 29.8 Å². The monoisotopic (exact) mass is 605 g/mol. The Balaban J connectivity index is 1.40. The Bertz CT molecular complexity index is 1380. The summed E-state index contributed by atoms with van der Waals surface area (Å²) in [6.07, 6.45) is 4.57. The van der Waals surface area contributed by atoms with Gasteiger partial charge in [-0.1, -0.05) is 27.7 Å². The molecule has 0 spiro atoms. The van der Waals surface area contributed by atoms with Gasteiger partial charge in [0.05, 0.1) is 34.2 Å². The van der Waals surface area contributed by atoms with Crippen LogP contribution < -0.4 is 10.9 Å². The minimum absolute atomic E-state index is 0.0553. The number of rotatable bonds is 7. The summed E-state index contributed by atoms with van der Waals surface area (Å²) in [4.78, 5) is 45.6. The SMILES string of the molecule is CCOC(=O)c1c(NC(=O)CSc2nc3c(c(=O)n2-c2ccc(Br)cc2)SCC3)sc2c1CCCC2. The third kappa shape index (κ3) is 5.16. The minimum Gasteiger partial charge on any atom is -0.462 e. The van der Waals surface area contributed by atoms with Gasteiger partial charge in [-0.05, 0) is 62.4 Å². The number of hydrogen-bond donors (Lipinski definition) is 1. The second kappa shape index (κ2) is 11.1. The van der Waals surface area contributed by atoms with Crippen LogP contribution in [0.2, 0.25) is 0 Å². The maximum absolute atomic E-state index is 13.3. The molecule has 11 heteroatoms. The summed E-state index contributed by atoms with van der Waals surface area (Å²) in [6, 6.07) is 7.45. The van der Waals surface area contributed by atoms with Crippen LogP contribution in [0.4, 0.5) is 5.00 Å². The zero-order valence-electron chi connectivity index (χ0n) is 19.6. The predicted octanol–water partition coefficient (Wildman–Crippen LogP) is 5.49. The van der Waals surface area contributed by atoms with Crippen LogP contribution in [-0.4, -0.2) is 39.5 Å². The fraction of sp³-hybridized carbons (Fsp3) is 0.360. The van der Waals surface area contributed by atoms with E-state index in [1.54, 1.807) is 11.5 Å². The number of esters is 1. The summed E-state index contributed by atoms with van der Waals surface area (Å²) in [7, 11) is 0. The van der Waals surface area contributed by atoms with Crippen LogP contribution in [0.25, 0.3) is 5.69 Å². The number of hydrogen-bond acceptors (Lipinski definition) is 8. The van der Waals surface area contributed by atoms with Gasteiger partial charge < -0.3 is 10.1 Å². The maximum atomic E-state index is 13.3. The number of anilines is 1. The zero-order valence-corrected chi connectivity index (χ0v) is 23.6. The van der Waals surface area contributed by atoms with Gasteiger partial charge in [0.15, 0.2) is 5.16 Å². The summed E-state index contributed by atoms with van der Waals surface area (Å²) in [5.41, 5.74) is 2.88. The highest BCUT2D eigenvalue weighted by Crippen LogP contribution is 2.39. The second-order valence-corrected chi connectivity index (χ2v) is 12.4. The fourth-order valence-electron chi connectivity index (χ4n) is 4.37. The highest BCUT2D eigenvalue weighted by atomic mass is 79.9. The van der Waals surface area contributed by atoms with Crippen molar-refractivity contribution in [3.8, 4) is 5.69 Å². The van der Waals surface area contributed by atoms with Crippen molar-refractivity contribution in [3.05, 3.63) is 60.8 Å². The molecule has 0 bridgehead atoms. The van der Waals surface area contributed by atoms with Crippen molar-refractivity contribution in [1.82, 2.24) is 9.55 Å². The van der Waals surface area contributed by atoms with Gasteiger partial charge in [-0.2, -0.15) is 0 Å². The predicted molar refractivity (Wildman–Crippen MR) is 148 cm³/mol. The molecule has 2 aliphatic rings. The molecule has 1 amide bonds. The number of amides is 1. The summed E-state index contributed by atoms with van der Waals surface area (Å²) < 4.78 is 7.78. The largest absolute Gasteiger partial charge is 0.462 e. The number of fused-ring (bicyclic) bond motifs is 2. The first-order valence-corrected chi connectivity index (χ1v) is 15.3. The molecule has 0 atom stereocenters. The van der Waals surface area contributed by atoms with Crippen LogP contribution in [0.1, 0.15) is 46.3 Å². The molecule has 188 valence electrons. The topological polar surface area (TPSA) is 90.3 Å². The van der Waals surface area contributed by atoms with E-state index >= 15 is 0 Å². The van der Waals surface area contributed by atoms with Crippen LogP contribution in [0, 0.1) is 0 Å². The molecule has 0 fully saturated rings. The molecule has 1 N–H and O–H groups in total. The van der Waals surface area contributed by atoms with Gasteiger partial charge in [-0.3, -0.25) is 14.2 Å². The molecule has 0 saturated heterocycles. The molecule has 5 rings (SSSR count). The number of thiophene rings is 1. The second-order valence-electron chi connectivity index (χ2n) is 8.36. The smallest absolute Gasteiger partial charge is 0.341 e. The Morgan fingerprint density at radius 3 is 2.75 bits per heavy atom. The maximum Gasteiger partial charge on any atom is 0.341 e. The highest BCUT2D eigenvalue weighted by Gasteiger charge is 2.28. The van der Waals surface area contributed by atoms with Crippen LogP contribution in [0.5, 0.6) is 0 Å². The van der Waals surface area contributed by atoms with E-state index < -0.39 is 0 Å². The van der Waals surface area contributed by atoms with Gasteiger partial charge in [-0.15, -0.1) is 23.1 Å². The number of thioether (sulfide) groups is 2. The van der Waals surface area contributed by atoms with Crippen molar-refractivity contribution in [1.29, 1.82) is 0 Å². The Morgan fingerprint density at radius 1 is 1.19 bits per heavy atom. The molecule has 1 aromatic carbocycles. The lowest BCUT2D eigenvalue weighted by Gasteiger charge is -2.14. The number of carbonyl (C=O) groups excluding carboxylic acids is 2. The molecule has 0 unspecified atom stereocenters. The number of nitrogens with one attached hydrogen (secondary N) is 1. The molecule has 36 heavy (non-hydrogen) atoms. The van der Waals surface area contributed by atoms with Gasteiger partial charge in [0.25, 0.3) is 5.56 Å². The molecule has 3 aromatic rings. The van der Waals surface area contributed by atoms with Crippen molar-refractivity contribution in [2.75, 3.05) is 23.4 Å². The third-order valence-electron chi connectivity index (χ3n) is 5.99. The van der Waals surface area contributed by atoms with E-state index in [9.17, 15) is 14.4 Å². The molecular formula is C25H24BrN3O4S3. The number of ether oxygens (including phenoxy) is 1. The summed E-state index contributed by atoms with van der Waals surface area (Å²) in [6.45, 7) is 2.06. The molecule has 0 radical (unpaired) electrons. The van der Waals surface area contributed by atoms with E-state index in [2.05, 4.69) is 21.2 Å². The lowest BCUT2D eigenvalue weighted by Crippen LogP contribution is -2.24. The standard InChI is InChI=1S/C25H24BrN3O4S3/c1-2-33-24(32)20-16-5-3-4-6-18(16)36-22(20)28-19(30)13-35-25-27-17-11-12-34-21(17)23(31)29(25)15-9-7-14(26)8-10-15/h7-10H,2-6,11-13H2,1H3,(H,28,30). The number of benzene rings is 1. The van der Waals surface area contributed by atoms with Gasteiger partial charge in [-0.25, -0.2) is 9.78 Å². The molecule has 1 aliphatic carbocycles. The molecule has 7 nitrogen and oxygen atoms in total. The zero-order chi connectivity index (χ0) is 25.2. The molecule has 3 heterocycles. The van der Waals surface area contributed by atoms with Gasteiger partial charge in [0.2, 0.25) is 5.91 Å². The lowest BCUT2D eigenvalue weighted by atomic mass is 9.95. The van der Waals surface area contributed by atoms with Gasteiger partial charge >= 0.3 is 5.97 Å². The quantitative estimate of drug-likeness (QED) is 0.216. The van der Waals surface area contributed by atoms with Gasteiger partial charge in [0, 0.05) is 21.5 Å². The fourth-order valence-corrected chi connectivity index (χ4v) is 7.78. The number of aromatic nitrogens is 2. The minimum atomic E-state index is -0.387. The summed E-state index contributed by atoms with van der Waals surface area (Å²) >= 11 is 7.65. The van der Waals surface area contributed by atoms with Crippen molar-refractivity contribution in [3.63, 3.8) is 0 Å². The van der Waals surface area contributed by atoms with Crippen LogP contribution in [-0.2, 0) is 28.8 Å².